The quantitative estimate of drug-likeness (QED) is 0.134. The molecule has 7 rings (SSSR count). The summed E-state index contributed by atoms with van der Waals surface area (Å²) in [4.78, 5) is 45.7. The van der Waals surface area contributed by atoms with E-state index in [2.05, 4.69) is 29.9 Å². The maximum atomic E-state index is 13.7. The number of aryl methyl sites for hydroxylation is 1. The van der Waals surface area contributed by atoms with Crippen molar-refractivity contribution in [1.82, 2.24) is 39.0 Å². The summed E-state index contributed by atoms with van der Waals surface area (Å²) in [5, 5.41) is 22.6. The first kappa shape index (κ1) is 32.1. The van der Waals surface area contributed by atoms with E-state index in [-0.39, 0.29) is 34.1 Å². The van der Waals surface area contributed by atoms with Gasteiger partial charge < -0.3 is 36.0 Å². The number of fused-ring (bicyclic) bond motifs is 4. The van der Waals surface area contributed by atoms with Crippen molar-refractivity contribution in [3.05, 3.63) is 28.8 Å². The summed E-state index contributed by atoms with van der Waals surface area (Å²) in [6, 6.07) is 0. The summed E-state index contributed by atoms with van der Waals surface area (Å²) in [6.07, 6.45) is -9.73. The number of nitrogens with zero attached hydrogens (tertiary/aromatic N) is 7. The molecule has 47 heavy (non-hydrogen) atoms. The molecule has 0 radical (unpaired) electrons. The van der Waals surface area contributed by atoms with Crippen LogP contribution in [0.4, 0.5) is 11.8 Å². The number of nitrogens with two attached hydrogens (primary N) is 2. The molecule has 23 nitrogen and oxygen atoms in total. The van der Waals surface area contributed by atoms with Crippen LogP contribution >= 0.6 is 15.6 Å². The molecule has 25 heteroatoms. The number of anilines is 2. The molecular formula is C22H28N10O13P2. The van der Waals surface area contributed by atoms with Crippen LogP contribution in [0.15, 0.2) is 17.4 Å². The van der Waals surface area contributed by atoms with Crippen molar-refractivity contribution in [2.45, 2.75) is 56.0 Å². The first-order valence-corrected chi connectivity index (χ1v) is 16.7. The Morgan fingerprint density at radius 2 is 1.64 bits per heavy atom. The van der Waals surface area contributed by atoms with Crippen LogP contribution in [-0.4, -0.2) is 111 Å². The molecule has 254 valence electrons. The number of aromatic amines is 1. The molecule has 4 aromatic rings. The Hall–Kier alpha value is -3.44. The Morgan fingerprint density at radius 3 is 2.38 bits per heavy atom. The minimum atomic E-state index is -5.04. The van der Waals surface area contributed by atoms with Crippen LogP contribution in [0.3, 0.4) is 0 Å². The van der Waals surface area contributed by atoms with Crippen molar-refractivity contribution in [3.8, 4) is 0 Å². The Labute approximate surface area is 261 Å². The van der Waals surface area contributed by atoms with Gasteiger partial charge >= 0.3 is 15.6 Å². The third kappa shape index (κ3) is 5.53. The molecule has 0 spiro atoms. The van der Waals surface area contributed by atoms with Gasteiger partial charge in [-0.3, -0.25) is 41.5 Å². The highest BCUT2D eigenvalue weighted by Gasteiger charge is 2.54. The lowest BCUT2D eigenvalue weighted by molar-refractivity contribution is -0.0676. The summed E-state index contributed by atoms with van der Waals surface area (Å²) in [7, 11) is -8.58. The van der Waals surface area contributed by atoms with Crippen molar-refractivity contribution >= 4 is 49.7 Å². The second kappa shape index (κ2) is 11.6. The molecule has 3 saturated heterocycles. The number of H-pyrrole nitrogens is 1. The van der Waals surface area contributed by atoms with Crippen LogP contribution in [-0.2, 0) is 41.2 Å². The van der Waals surface area contributed by atoms with E-state index >= 15 is 0 Å². The number of phosphoric ester groups is 2. The molecule has 4 aromatic heterocycles. The van der Waals surface area contributed by atoms with Crippen LogP contribution in [0.2, 0.25) is 0 Å². The van der Waals surface area contributed by atoms with E-state index < -0.39 is 83.5 Å². The van der Waals surface area contributed by atoms with Gasteiger partial charge in [0.05, 0.1) is 19.5 Å². The number of aromatic nitrogens is 8. The lowest BCUT2D eigenvalue weighted by Gasteiger charge is -2.28. The van der Waals surface area contributed by atoms with E-state index in [1.54, 1.807) is 6.92 Å². The maximum Gasteiger partial charge on any atom is 0.475 e. The Balaban J connectivity index is 1.20. The lowest BCUT2D eigenvalue weighted by atomic mass is 10.1. The van der Waals surface area contributed by atoms with Crippen molar-refractivity contribution in [2.75, 3.05) is 31.8 Å². The summed E-state index contributed by atoms with van der Waals surface area (Å²) >= 11 is 0. The highest BCUT2D eigenvalue weighted by molar-refractivity contribution is 7.48. The summed E-state index contributed by atoms with van der Waals surface area (Å²) in [6.45, 7) is 0.130. The van der Waals surface area contributed by atoms with Gasteiger partial charge in [-0.05, 0) is 6.92 Å². The average molecular weight is 702 g/mol. The molecule has 3 aliphatic heterocycles. The van der Waals surface area contributed by atoms with Crippen LogP contribution in [0.5, 0.6) is 0 Å². The van der Waals surface area contributed by atoms with Gasteiger partial charge in [0, 0.05) is 7.11 Å². The zero-order valence-corrected chi connectivity index (χ0v) is 26.1. The van der Waals surface area contributed by atoms with Crippen LogP contribution in [0.1, 0.15) is 18.3 Å². The molecule has 0 saturated carbocycles. The number of aliphatic hydroxyl groups is 2. The number of imidazole rings is 2. The molecule has 0 amide bonds. The fourth-order valence-electron chi connectivity index (χ4n) is 5.67. The van der Waals surface area contributed by atoms with Crippen molar-refractivity contribution in [2.24, 2.45) is 0 Å². The molecule has 3 fully saturated rings. The number of rotatable bonds is 3. The number of ether oxygens (including phenoxy) is 2. The SMILES string of the molecule is COP1(=O)OCC2O[C@@H](n3cnc4c(=O)[nH]c(N)nc43)[C@H](O)[C@@H]2OP(=O)(O)OC[C@H]2O[C@@H](n3c(C)nc4c(N)ncnc43)[C@H](O)[C@@H]2O1. The Morgan fingerprint density at radius 1 is 0.957 bits per heavy atom. The zero-order chi connectivity index (χ0) is 33.4. The summed E-state index contributed by atoms with van der Waals surface area (Å²) in [5.41, 5.74) is 11.1. The smallest absolute Gasteiger partial charge is 0.386 e. The van der Waals surface area contributed by atoms with Gasteiger partial charge in [0.2, 0.25) is 5.95 Å². The lowest BCUT2D eigenvalue weighted by Crippen LogP contribution is -2.39. The number of hydrogen-bond acceptors (Lipinski definition) is 19. The van der Waals surface area contributed by atoms with E-state index in [1.807, 2.05) is 0 Å². The van der Waals surface area contributed by atoms with Gasteiger partial charge in [-0.15, -0.1) is 0 Å². The molecule has 3 aliphatic rings. The molecule has 0 aliphatic carbocycles. The number of nitrogens with one attached hydrogen (secondary N) is 1. The van der Waals surface area contributed by atoms with Crippen LogP contribution < -0.4 is 17.0 Å². The van der Waals surface area contributed by atoms with Gasteiger partial charge in [-0.1, -0.05) is 0 Å². The summed E-state index contributed by atoms with van der Waals surface area (Å²) < 4.78 is 68.2. The predicted molar refractivity (Wildman–Crippen MR) is 153 cm³/mol. The van der Waals surface area contributed by atoms with E-state index in [0.29, 0.717) is 5.82 Å². The zero-order valence-electron chi connectivity index (χ0n) is 24.3. The second-order valence-corrected chi connectivity index (χ2v) is 13.8. The average Bonchev–Trinajstić information content (AvgIpc) is 3.74. The van der Waals surface area contributed by atoms with Gasteiger partial charge in [-0.25, -0.2) is 29.1 Å². The van der Waals surface area contributed by atoms with Crippen molar-refractivity contribution in [1.29, 1.82) is 0 Å². The number of nitrogen functional groups attached to an aromatic ring is 2. The third-order valence-corrected chi connectivity index (χ3v) is 10.2. The topological polar surface area (TPSA) is 319 Å². The second-order valence-electron chi connectivity index (χ2n) is 10.7. The summed E-state index contributed by atoms with van der Waals surface area (Å²) in [5.74, 6) is 0.122. The molecular weight excluding hydrogens is 674 g/mol. The fraction of sp³-hybridized carbons (Fsp3) is 0.545. The molecule has 10 atom stereocenters. The third-order valence-electron chi connectivity index (χ3n) is 7.81. The van der Waals surface area contributed by atoms with E-state index in [1.165, 1.54) is 10.9 Å². The van der Waals surface area contributed by atoms with Gasteiger partial charge in [0.1, 0.15) is 48.8 Å². The van der Waals surface area contributed by atoms with E-state index in [4.69, 9.17) is 43.6 Å². The molecule has 7 heterocycles. The van der Waals surface area contributed by atoms with Gasteiger partial charge in [0.15, 0.2) is 40.6 Å². The normalized spacial score (nSPS) is 36.6. The minimum absolute atomic E-state index is 0.0681. The van der Waals surface area contributed by atoms with E-state index in [9.17, 15) is 29.0 Å². The Kier molecular flexibility index (Phi) is 7.94. The molecule has 0 bridgehead atoms. The minimum Gasteiger partial charge on any atom is -0.386 e. The number of aliphatic hydroxyl groups excluding tert-OH is 2. The monoisotopic (exact) mass is 702 g/mol. The number of hydrogen-bond donors (Lipinski definition) is 6. The van der Waals surface area contributed by atoms with Crippen molar-refractivity contribution in [3.63, 3.8) is 0 Å². The highest BCUT2D eigenvalue weighted by atomic mass is 31.2. The van der Waals surface area contributed by atoms with E-state index in [0.717, 1.165) is 18.0 Å². The number of phosphoric acid groups is 2. The van der Waals surface area contributed by atoms with Crippen molar-refractivity contribution < 1.29 is 56.3 Å². The molecule has 8 N–H and O–H groups in total. The first-order valence-electron chi connectivity index (χ1n) is 13.8. The standard InChI is InChI=1S/C22H28N10O13P2/c1-7-28-10-16(23)25-5-26-17(10)32(7)21-13(34)15-8(43-21)3-40-46(36,37)44-14-9(4-41-47(38,39-2)45-15)42-20(12(14)33)31-6-27-11-18(31)29-22(24)30-19(11)35/h5-6,8-9,12-15,20-21,33-34H,3-4H2,1-2H3,(H,36,37)(H2,23,25,26)(H3,24,29,30,35)/t8-,9?,12-,13-,14-,15-,20-,21-,47?/m1/s1. The van der Waals surface area contributed by atoms with Crippen LogP contribution in [0, 0.1) is 6.92 Å². The molecule has 3 unspecified atom stereocenters. The molecule has 0 aromatic carbocycles. The first-order chi connectivity index (χ1) is 22.3. The van der Waals surface area contributed by atoms with Gasteiger partial charge in [0.25, 0.3) is 5.56 Å². The maximum absolute atomic E-state index is 13.7. The largest absolute Gasteiger partial charge is 0.475 e. The van der Waals surface area contributed by atoms with Gasteiger partial charge in [-0.2, -0.15) is 4.98 Å². The fourth-order valence-corrected chi connectivity index (χ4v) is 7.78. The highest BCUT2D eigenvalue weighted by Crippen LogP contribution is 2.56. The Bertz CT molecular complexity index is 2000. The van der Waals surface area contributed by atoms with Crippen LogP contribution in [0.25, 0.3) is 22.3 Å². The predicted octanol–water partition coefficient (Wildman–Crippen LogP) is -1.38.